The second-order valence-electron chi connectivity index (χ2n) is 10.9. The van der Waals surface area contributed by atoms with Gasteiger partial charge in [-0.3, -0.25) is 0 Å². The van der Waals surface area contributed by atoms with Crippen molar-refractivity contribution >= 4 is 11.7 Å². The Morgan fingerprint density at radius 3 is 2.38 bits per heavy atom. The Morgan fingerprint density at radius 2 is 1.76 bits per heavy atom. The second kappa shape index (κ2) is 9.04. The molecule has 188 valence electrons. The van der Waals surface area contributed by atoms with Gasteiger partial charge in [-0.15, -0.1) is 0 Å². The highest BCUT2D eigenvalue weighted by atomic mass is 19.4. The summed E-state index contributed by atoms with van der Waals surface area (Å²) in [7, 11) is 0. The maximum absolute atomic E-state index is 13.1. The first-order valence-electron chi connectivity index (χ1n) is 12.3. The van der Waals surface area contributed by atoms with E-state index in [9.17, 15) is 18.0 Å². The van der Waals surface area contributed by atoms with Gasteiger partial charge in [0.05, 0.1) is 17.3 Å². The van der Waals surface area contributed by atoms with Gasteiger partial charge in [0.15, 0.2) is 5.65 Å². The third-order valence-corrected chi connectivity index (χ3v) is 7.21. The number of amides is 1. The maximum atomic E-state index is 13.1. The number of alkyl halides is 3. The van der Waals surface area contributed by atoms with Crippen LogP contribution in [0.15, 0.2) is 12.1 Å². The molecule has 0 N–H and O–H groups in total. The Balaban J connectivity index is 1.59. The molecule has 1 saturated carbocycles. The van der Waals surface area contributed by atoms with Gasteiger partial charge in [0, 0.05) is 36.2 Å². The molecule has 9 heteroatoms. The molecule has 0 spiro atoms. The van der Waals surface area contributed by atoms with Gasteiger partial charge in [0.1, 0.15) is 5.60 Å². The lowest BCUT2D eigenvalue weighted by Crippen LogP contribution is -2.48. The van der Waals surface area contributed by atoms with Crippen molar-refractivity contribution in [1.82, 2.24) is 19.5 Å². The number of halogens is 3. The molecule has 2 fully saturated rings. The average Bonchev–Trinajstić information content (AvgIpc) is 3.15. The monoisotopic (exact) mass is 480 g/mol. The fraction of sp³-hybridized carbons (Fsp3) is 0.720. The van der Waals surface area contributed by atoms with Crippen molar-refractivity contribution in [2.45, 2.75) is 103 Å². The van der Waals surface area contributed by atoms with E-state index in [0.717, 1.165) is 29.9 Å². The largest absolute Gasteiger partial charge is 0.444 e. The standard InChI is InChI=1S/C25H35F3N4O2/c1-15-13-21(19-7-6-12-31(16(19)2)23(33)34-24(3,4)5)32-22(29-15)14-20(30-32)17-8-10-18(11-9-17)25(26,27)28/h13-14,16-19H,6-12H2,1-5H3/t16-,17-,18-,19+/m1/s1. The van der Waals surface area contributed by atoms with Crippen molar-refractivity contribution in [3.8, 4) is 0 Å². The number of hydrogen-bond donors (Lipinski definition) is 0. The van der Waals surface area contributed by atoms with Gasteiger partial charge in [-0.1, -0.05) is 0 Å². The maximum Gasteiger partial charge on any atom is 0.410 e. The van der Waals surface area contributed by atoms with Gasteiger partial charge in [-0.25, -0.2) is 14.3 Å². The molecule has 1 aliphatic carbocycles. The SMILES string of the molecule is Cc1cc([C@H]2CCCN(C(=O)OC(C)(C)C)[C@@H]2C)n2nc([C@H]3CC[C@H](C(F)(F)F)CC3)cc2n1. The summed E-state index contributed by atoms with van der Waals surface area (Å²) in [5, 5.41) is 4.84. The summed E-state index contributed by atoms with van der Waals surface area (Å²) in [6, 6.07) is 3.86. The summed E-state index contributed by atoms with van der Waals surface area (Å²) < 4.78 is 46.7. The average molecular weight is 481 g/mol. The van der Waals surface area contributed by atoms with Crippen molar-refractivity contribution in [3.63, 3.8) is 0 Å². The number of nitrogens with zero attached hydrogens (tertiary/aromatic N) is 4. The van der Waals surface area contributed by atoms with E-state index in [1.54, 1.807) is 4.90 Å². The predicted molar refractivity (Wildman–Crippen MR) is 123 cm³/mol. The van der Waals surface area contributed by atoms with E-state index in [1.807, 2.05) is 51.3 Å². The van der Waals surface area contributed by atoms with Crippen LogP contribution in [0, 0.1) is 12.8 Å². The Kier molecular flexibility index (Phi) is 6.59. The first-order chi connectivity index (χ1) is 15.8. The molecular formula is C25H35F3N4O2. The summed E-state index contributed by atoms with van der Waals surface area (Å²) in [5.74, 6) is -1.15. The number of aryl methyl sites for hydroxylation is 1. The van der Waals surface area contributed by atoms with Crippen LogP contribution in [-0.4, -0.2) is 50.0 Å². The lowest BCUT2D eigenvalue weighted by atomic mass is 9.80. The van der Waals surface area contributed by atoms with Crippen molar-refractivity contribution in [1.29, 1.82) is 0 Å². The molecule has 0 aromatic carbocycles. The molecule has 1 amide bonds. The van der Waals surface area contributed by atoms with Crippen LogP contribution in [0.4, 0.5) is 18.0 Å². The summed E-state index contributed by atoms with van der Waals surface area (Å²) in [5.41, 5.74) is 2.80. The Labute approximate surface area is 198 Å². The first kappa shape index (κ1) is 24.8. The number of carbonyl (C=O) groups excluding carboxylic acids is 1. The number of carbonyl (C=O) groups is 1. The van der Waals surface area contributed by atoms with Gasteiger partial charge in [0.25, 0.3) is 0 Å². The number of aromatic nitrogens is 3. The van der Waals surface area contributed by atoms with Gasteiger partial charge < -0.3 is 9.64 Å². The molecule has 0 bridgehead atoms. The molecule has 3 heterocycles. The van der Waals surface area contributed by atoms with Gasteiger partial charge >= 0.3 is 12.3 Å². The molecule has 2 aliphatic rings. The molecule has 1 saturated heterocycles. The van der Waals surface area contributed by atoms with Gasteiger partial charge in [0.2, 0.25) is 0 Å². The van der Waals surface area contributed by atoms with E-state index in [2.05, 4.69) is 4.98 Å². The van der Waals surface area contributed by atoms with Crippen LogP contribution < -0.4 is 0 Å². The highest BCUT2D eigenvalue weighted by Crippen LogP contribution is 2.43. The normalized spacial score (nSPS) is 26.6. The molecule has 4 rings (SSSR count). The minimum Gasteiger partial charge on any atom is -0.444 e. The Morgan fingerprint density at radius 1 is 1.09 bits per heavy atom. The van der Waals surface area contributed by atoms with Gasteiger partial charge in [-0.05, 0) is 79.2 Å². The van der Waals surface area contributed by atoms with E-state index >= 15 is 0 Å². The second-order valence-corrected chi connectivity index (χ2v) is 10.9. The third kappa shape index (κ3) is 5.18. The molecule has 2 aromatic rings. The topological polar surface area (TPSA) is 59.7 Å². The van der Waals surface area contributed by atoms with Crippen LogP contribution in [0.2, 0.25) is 0 Å². The third-order valence-electron chi connectivity index (χ3n) is 7.21. The quantitative estimate of drug-likeness (QED) is 0.501. The van der Waals surface area contributed by atoms with E-state index in [4.69, 9.17) is 9.84 Å². The molecule has 1 aliphatic heterocycles. The first-order valence-corrected chi connectivity index (χ1v) is 12.3. The number of ether oxygens (including phenoxy) is 1. The molecular weight excluding hydrogens is 445 g/mol. The van der Waals surface area contributed by atoms with E-state index < -0.39 is 17.7 Å². The fourth-order valence-corrected chi connectivity index (χ4v) is 5.44. The zero-order chi connectivity index (χ0) is 24.8. The molecule has 2 aromatic heterocycles. The predicted octanol–water partition coefficient (Wildman–Crippen LogP) is 6.38. The highest BCUT2D eigenvalue weighted by molar-refractivity contribution is 5.69. The zero-order valence-electron chi connectivity index (χ0n) is 20.7. The molecule has 0 radical (unpaired) electrons. The number of rotatable bonds is 2. The molecule has 6 nitrogen and oxygen atoms in total. The number of piperidine rings is 1. The molecule has 2 atom stereocenters. The molecule has 34 heavy (non-hydrogen) atoms. The zero-order valence-corrected chi connectivity index (χ0v) is 20.7. The van der Waals surface area contributed by atoms with Crippen LogP contribution in [-0.2, 0) is 4.74 Å². The van der Waals surface area contributed by atoms with Crippen LogP contribution in [0.5, 0.6) is 0 Å². The number of hydrogen-bond acceptors (Lipinski definition) is 4. The molecule has 0 unspecified atom stereocenters. The lowest BCUT2D eigenvalue weighted by Gasteiger charge is -2.40. The number of likely N-dealkylation sites (tertiary alicyclic amines) is 1. The Hall–Kier alpha value is -2.32. The summed E-state index contributed by atoms with van der Waals surface area (Å²) >= 11 is 0. The summed E-state index contributed by atoms with van der Waals surface area (Å²) in [6.45, 7) is 10.2. The van der Waals surface area contributed by atoms with Crippen LogP contribution >= 0.6 is 0 Å². The van der Waals surface area contributed by atoms with Crippen LogP contribution in [0.25, 0.3) is 5.65 Å². The minimum absolute atomic E-state index is 0.00972. The van der Waals surface area contributed by atoms with Gasteiger partial charge in [-0.2, -0.15) is 18.3 Å². The van der Waals surface area contributed by atoms with Crippen molar-refractivity contribution in [2.24, 2.45) is 5.92 Å². The highest BCUT2D eigenvalue weighted by Gasteiger charge is 2.42. The lowest BCUT2D eigenvalue weighted by molar-refractivity contribution is -0.182. The van der Waals surface area contributed by atoms with E-state index in [1.165, 1.54) is 0 Å². The summed E-state index contributed by atoms with van der Waals surface area (Å²) in [6.07, 6.45) is -1.42. The van der Waals surface area contributed by atoms with E-state index in [-0.39, 0.29) is 36.8 Å². The van der Waals surface area contributed by atoms with Crippen molar-refractivity contribution < 1.29 is 22.7 Å². The Bertz CT molecular complexity index is 1040. The van der Waals surface area contributed by atoms with Crippen LogP contribution in [0.1, 0.15) is 95.1 Å². The van der Waals surface area contributed by atoms with Crippen LogP contribution in [0.3, 0.4) is 0 Å². The minimum atomic E-state index is -4.12. The van der Waals surface area contributed by atoms with E-state index in [0.29, 0.717) is 25.0 Å². The fourth-order valence-electron chi connectivity index (χ4n) is 5.44. The summed E-state index contributed by atoms with van der Waals surface area (Å²) in [4.78, 5) is 19.3. The van der Waals surface area contributed by atoms with Crippen molar-refractivity contribution in [3.05, 3.63) is 29.2 Å². The van der Waals surface area contributed by atoms with Crippen molar-refractivity contribution in [2.75, 3.05) is 6.54 Å². The smallest absolute Gasteiger partial charge is 0.410 e. The number of fused-ring (bicyclic) bond motifs is 1.